The van der Waals surface area contributed by atoms with Crippen molar-refractivity contribution < 1.29 is 9.90 Å². The summed E-state index contributed by atoms with van der Waals surface area (Å²) in [7, 11) is 0. The Morgan fingerprint density at radius 2 is 2.36 bits per heavy atom. The van der Waals surface area contributed by atoms with Crippen molar-refractivity contribution in [3.63, 3.8) is 0 Å². The quantitative estimate of drug-likeness (QED) is 0.583. The van der Waals surface area contributed by atoms with E-state index in [1.54, 1.807) is 13.0 Å². The molecule has 0 unspecified atom stereocenters. The van der Waals surface area contributed by atoms with Crippen LogP contribution in [-0.4, -0.2) is 27.5 Å². The zero-order valence-electron chi connectivity index (χ0n) is 7.82. The summed E-state index contributed by atoms with van der Waals surface area (Å²) >= 11 is 0. The molecule has 0 radical (unpaired) electrons. The SMILES string of the molecule is Cc1cc(NCC(N)=O)nc(CO)n1. The molecule has 0 aromatic carbocycles. The number of nitrogens with one attached hydrogen (secondary N) is 1. The van der Waals surface area contributed by atoms with Crippen molar-refractivity contribution in [3.05, 3.63) is 17.6 Å². The minimum absolute atomic E-state index is 0.0152. The first-order valence-electron chi connectivity index (χ1n) is 4.09. The van der Waals surface area contributed by atoms with Crippen LogP contribution in [0, 0.1) is 6.92 Å². The number of amides is 1. The summed E-state index contributed by atoms with van der Waals surface area (Å²) in [6.07, 6.45) is 0. The number of carbonyl (C=O) groups excluding carboxylic acids is 1. The number of rotatable bonds is 4. The number of aliphatic hydroxyl groups is 1. The van der Waals surface area contributed by atoms with Gasteiger partial charge in [0.15, 0.2) is 5.82 Å². The van der Waals surface area contributed by atoms with Crippen LogP contribution in [0.3, 0.4) is 0 Å². The summed E-state index contributed by atoms with van der Waals surface area (Å²) in [5.74, 6) is 0.337. The second kappa shape index (κ2) is 4.52. The molecule has 0 saturated carbocycles. The highest BCUT2D eigenvalue weighted by Gasteiger charge is 2.01. The van der Waals surface area contributed by atoms with E-state index in [1.807, 2.05) is 0 Å². The zero-order valence-corrected chi connectivity index (χ0v) is 7.82. The van der Waals surface area contributed by atoms with E-state index in [0.717, 1.165) is 5.69 Å². The number of aliphatic hydroxyl groups excluding tert-OH is 1. The molecule has 0 atom stereocenters. The number of aromatic nitrogens is 2. The van der Waals surface area contributed by atoms with E-state index in [0.29, 0.717) is 11.6 Å². The van der Waals surface area contributed by atoms with Crippen molar-refractivity contribution >= 4 is 11.7 Å². The fourth-order valence-electron chi connectivity index (χ4n) is 0.969. The topological polar surface area (TPSA) is 101 Å². The van der Waals surface area contributed by atoms with E-state index in [2.05, 4.69) is 15.3 Å². The molecule has 1 amide bonds. The van der Waals surface area contributed by atoms with Crippen molar-refractivity contribution in [1.82, 2.24) is 9.97 Å². The van der Waals surface area contributed by atoms with Crippen LogP contribution in [0.25, 0.3) is 0 Å². The summed E-state index contributed by atoms with van der Waals surface area (Å²) < 4.78 is 0. The van der Waals surface area contributed by atoms with Crippen LogP contribution in [0.1, 0.15) is 11.5 Å². The van der Waals surface area contributed by atoms with Crippen molar-refractivity contribution in [2.24, 2.45) is 5.73 Å². The molecule has 0 bridgehead atoms. The number of hydrogen-bond donors (Lipinski definition) is 3. The van der Waals surface area contributed by atoms with Crippen LogP contribution in [0.15, 0.2) is 6.07 Å². The molecular weight excluding hydrogens is 184 g/mol. The van der Waals surface area contributed by atoms with Gasteiger partial charge in [0.05, 0.1) is 6.54 Å². The van der Waals surface area contributed by atoms with Gasteiger partial charge in [-0.05, 0) is 6.92 Å². The molecule has 76 valence electrons. The molecule has 1 heterocycles. The van der Waals surface area contributed by atoms with Gasteiger partial charge in [-0.3, -0.25) is 4.79 Å². The standard InChI is InChI=1S/C8H12N4O2/c1-5-2-7(10-3-6(9)14)12-8(4-13)11-5/h2,13H,3-4H2,1H3,(H2,9,14)(H,10,11,12). The Morgan fingerprint density at radius 1 is 1.64 bits per heavy atom. The molecular formula is C8H12N4O2. The lowest BCUT2D eigenvalue weighted by atomic mass is 10.4. The first-order chi connectivity index (χ1) is 6.61. The Labute approximate surface area is 81.2 Å². The fraction of sp³-hybridized carbons (Fsp3) is 0.375. The van der Waals surface area contributed by atoms with Gasteiger partial charge in [-0.25, -0.2) is 9.97 Å². The number of primary amides is 1. The number of nitrogens with two attached hydrogens (primary N) is 1. The summed E-state index contributed by atoms with van der Waals surface area (Å²) in [5, 5.41) is 11.5. The summed E-state index contributed by atoms with van der Waals surface area (Å²) in [5.41, 5.74) is 5.67. The molecule has 0 aliphatic carbocycles. The number of aryl methyl sites for hydroxylation is 1. The monoisotopic (exact) mass is 196 g/mol. The Balaban J connectivity index is 2.76. The fourth-order valence-corrected chi connectivity index (χ4v) is 0.969. The maximum Gasteiger partial charge on any atom is 0.236 e. The average molecular weight is 196 g/mol. The zero-order chi connectivity index (χ0) is 10.6. The van der Waals surface area contributed by atoms with Gasteiger partial charge < -0.3 is 16.2 Å². The van der Waals surface area contributed by atoms with Gasteiger partial charge in [0.25, 0.3) is 0 Å². The second-order valence-electron chi connectivity index (χ2n) is 2.79. The lowest BCUT2D eigenvalue weighted by Gasteiger charge is -2.05. The van der Waals surface area contributed by atoms with Crippen LogP contribution < -0.4 is 11.1 Å². The maximum atomic E-state index is 10.5. The van der Waals surface area contributed by atoms with E-state index >= 15 is 0 Å². The molecule has 0 aliphatic heterocycles. The lowest BCUT2D eigenvalue weighted by Crippen LogP contribution is -2.22. The second-order valence-corrected chi connectivity index (χ2v) is 2.79. The summed E-state index contributed by atoms with van der Waals surface area (Å²) in [6.45, 7) is 1.56. The van der Waals surface area contributed by atoms with Gasteiger partial charge >= 0.3 is 0 Å². The first-order valence-corrected chi connectivity index (χ1v) is 4.09. The minimum atomic E-state index is -0.466. The van der Waals surface area contributed by atoms with Crippen molar-refractivity contribution in [1.29, 1.82) is 0 Å². The van der Waals surface area contributed by atoms with Crippen molar-refractivity contribution in [2.45, 2.75) is 13.5 Å². The third kappa shape index (κ3) is 2.98. The Bertz CT molecular complexity index is 340. The van der Waals surface area contributed by atoms with Gasteiger partial charge in [0, 0.05) is 11.8 Å². The summed E-state index contributed by atoms with van der Waals surface area (Å²) in [6, 6.07) is 1.67. The predicted molar refractivity (Wildman–Crippen MR) is 50.4 cm³/mol. The normalized spacial score (nSPS) is 9.86. The molecule has 0 spiro atoms. The van der Waals surface area contributed by atoms with Gasteiger partial charge in [0.2, 0.25) is 5.91 Å². The molecule has 6 nitrogen and oxygen atoms in total. The average Bonchev–Trinajstić information content (AvgIpc) is 2.14. The van der Waals surface area contributed by atoms with Gasteiger partial charge in [-0.2, -0.15) is 0 Å². The highest BCUT2D eigenvalue weighted by Crippen LogP contribution is 2.05. The van der Waals surface area contributed by atoms with E-state index in [4.69, 9.17) is 10.8 Å². The van der Waals surface area contributed by atoms with Crippen LogP contribution in [0.5, 0.6) is 0 Å². The Hall–Kier alpha value is -1.69. The van der Waals surface area contributed by atoms with Gasteiger partial charge in [-0.1, -0.05) is 0 Å². The van der Waals surface area contributed by atoms with Crippen LogP contribution in [-0.2, 0) is 11.4 Å². The number of nitrogens with zero attached hydrogens (tertiary/aromatic N) is 2. The molecule has 0 aliphatic rings. The molecule has 1 aromatic rings. The first kappa shape index (κ1) is 10.4. The number of hydrogen-bond acceptors (Lipinski definition) is 5. The van der Waals surface area contributed by atoms with Crippen molar-refractivity contribution in [3.8, 4) is 0 Å². The largest absolute Gasteiger partial charge is 0.388 e. The number of anilines is 1. The van der Waals surface area contributed by atoms with Gasteiger partial charge in [0.1, 0.15) is 12.4 Å². The predicted octanol–water partition coefficient (Wildman–Crippen LogP) is -0.825. The third-order valence-electron chi connectivity index (χ3n) is 1.49. The van der Waals surface area contributed by atoms with E-state index < -0.39 is 5.91 Å². The highest BCUT2D eigenvalue weighted by atomic mass is 16.3. The molecule has 4 N–H and O–H groups in total. The minimum Gasteiger partial charge on any atom is -0.388 e. The Morgan fingerprint density at radius 3 is 2.93 bits per heavy atom. The van der Waals surface area contributed by atoms with Crippen molar-refractivity contribution in [2.75, 3.05) is 11.9 Å². The van der Waals surface area contributed by atoms with E-state index in [9.17, 15) is 4.79 Å². The van der Waals surface area contributed by atoms with E-state index in [-0.39, 0.29) is 13.2 Å². The molecule has 1 aromatic heterocycles. The van der Waals surface area contributed by atoms with E-state index in [1.165, 1.54) is 0 Å². The molecule has 1 rings (SSSR count). The van der Waals surface area contributed by atoms with Crippen LogP contribution in [0.4, 0.5) is 5.82 Å². The lowest BCUT2D eigenvalue weighted by molar-refractivity contribution is -0.116. The molecule has 14 heavy (non-hydrogen) atoms. The van der Waals surface area contributed by atoms with Gasteiger partial charge in [-0.15, -0.1) is 0 Å². The summed E-state index contributed by atoms with van der Waals surface area (Å²) in [4.78, 5) is 18.4. The molecule has 0 fully saturated rings. The Kier molecular flexibility index (Phi) is 3.35. The van der Waals surface area contributed by atoms with Crippen LogP contribution >= 0.6 is 0 Å². The van der Waals surface area contributed by atoms with Crippen LogP contribution in [0.2, 0.25) is 0 Å². The molecule has 6 heteroatoms. The highest BCUT2D eigenvalue weighted by molar-refractivity contribution is 5.78. The maximum absolute atomic E-state index is 10.5. The number of carbonyl (C=O) groups is 1. The molecule has 0 saturated heterocycles. The smallest absolute Gasteiger partial charge is 0.236 e. The third-order valence-corrected chi connectivity index (χ3v) is 1.49.